The van der Waals surface area contributed by atoms with Crippen molar-refractivity contribution < 1.29 is 14.3 Å². The average molecular weight is 403 g/mol. The number of benzene rings is 1. The number of carbonyl (C=O) groups is 2. The molecule has 150 valence electrons. The second-order valence-electron chi connectivity index (χ2n) is 6.85. The Bertz CT molecular complexity index is 859. The number of amides is 1. The molecular formula is C20H26N4O3S. The molecule has 1 aliphatic heterocycles. The fourth-order valence-electron chi connectivity index (χ4n) is 3.39. The van der Waals surface area contributed by atoms with Crippen LogP contribution in [-0.4, -0.2) is 60.9 Å². The second kappa shape index (κ2) is 8.70. The molecule has 1 amide bonds. The molecule has 1 N–H and O–H groups in total. The summed E-state index contributed by atoms with van der Waals surface area (Å²) in [6.45, 7) is 8.40. The van der Waals surface area contributed by atoms with Crippen LogP contribution in [0.1, 0.15) is 29.2 Å². The highest BCUT2D eigenvalue weighted by Gasteiger charge is 2.27. The molecule has 0 aliphatic carbocycles. The first-order valence-corrected chi connectivity index (χ1v) is 10.1. The molecule has 1 fully saturated rings. The van der Waals surface area contributed by atoms with Crippen LogP contribution < -0.4 is 15.0 Å². The monoisotopic (exact) mass is 402 g/mol. The number of thiazole rings is 1. The van der Waals surface area contributed by atoms with Crippen LogP contribution in [0.5, 0.6) is 5.75 Å². The SMILES string of the molecule is COc1ccccc1N1CCN(C(C)C(=O)Nc2nc(C)c(C(C)=O)s2)CC1. The molecule has 0 spiro atoms. The van der Waals surface area contributed by atoms with Gasteiger partial charge in [-0.25, -0.2) is 4.98 Å². The number of nitrogens with one attached hydrogen (secondary N) is 1. The van der Waals surface area contributed by atoms with Crippen LogP contribution in [0, 0.1) is 6.92 Å². The van der Waals surface area contributed by atoms with Gasteiger partial charge in [-0.3, -0.25) is 14.5 Å². The molecule has 2 aromatic rings. The minimum atomic E-state index is -0.273. The van der Waals surface area contributed by atoms with Gasteiger partial charge in [-0.05, 0) is 26.0 Å². The lowest BCUT2D eigenvalue weighted by atomic mass is 10.2. The summed E-state index contributed by atoms with van der Waals surface area (Å²) in [6.07, 6.45) is 0. The Balaban J connectivity index is 1.58. The van der Waals surface area contributed by atoms with Gasteiger partial charge in [-0.1, -0.05) is 23.5 Å². The standard InChI is InChI=1S/C20H26N4O3S/c1-13-18(15(3)25)28-20(21-13)22-19(26)14(2)23-9-11-24(12-10-23)16-7-5-6-8-17(16)27-4/h5-8,14H,9-12H2,1-4H3,(H,21,22,26). The Hall–Kier alpha value is -2.45. The Labute approximate surface area is 169 Å². The molecule has 1 aromatic carbocycles. The number of carbonyl (C=O) groups excluding carboxylic acids is 2. The van der Waals surface area contributed by atoms with E-state index >= 15 is 0 Å². The number of rotatable bonds is 6. The van der Waals surface area contributed by atoms with E-state index in [2.05, 4.69) is 26.2 Å². The number of nitrogens with zero attached hydrogens (tertiary/aromatic N) is 3. The van der Waals surface area contributed by atoms with E-state index in [0.29, 0.717) is 15.7 Å². The van der Waals surface area contributed by atoms with Gasteiger partial charge in [-0.15, -0.1) is 0 Å². The van der Waals surface area contributed by atoms with Crippen molar-refractivity contribution >= 4 is 33.8 Å². The van der Waals surface area contributed by atoms with Gasteiger partial charge in [0.2, 0.25) is 5.91 Å². The van der Waals surface area contributed by atoms with E-state index in [1.807, 2.05) is 25.1 Å². The number of methoxy groups -OCH3 is 1. The van der Waals surface area contributed by atoms with Gasteiger partial charge in [0, 0.05) is 33.1 Å². The molecule has 1 aromatic heterocycles. The van der Waals surface area contributed by atoms with Gasteiger partial charge in [-0.2, -0.15) is 0 Å². The maximum atomic E-state index is 12.6. The van der Waals surface area contributed by atoms with Crippen molar-refractivity contribution in [2.75, 3.05) is 43.5 Å². The third kappa shape index (κ3) is 4.34. The van der Waals surface area contributed by atoms with Crippen molar-refractivity contribution in [3.05, 3.63) is 34.8 Å². The molecule has 1 atom stereocenters. The largest absolute Gasteiger partial charge is 0.495 e. The summed E-state index contributed by atoms with van der Waals surface area (Å²) < 4.78 is 5.46. The van der Waals surface area contributed by atoms with E-state index in [4.69, 9.17) is 4.74 Å². The predicted octanol–water partition coefficient (Wildman–Crippen LogP) is 2.81. The second-order valence-corrected chi connectivity index (χ2v) is 7.85. The van der Waals surface area contributed by atoms with Crippen LogP contribution in [0.15, 0.2) is 24.3 Å². The smallest absolute Gasteiger partial charge is 0.243 e. The summed E-state index contributed by atoms with van der Waals surface area (Å²) in [6, 6.07) is 7.71. The molecule has 1 unspecified atom stereocenters. The number of ketones is 1. The number of hydrogen-bond acceptors (Lipinski definition) is 7. The molecule has 8 heteroatoms. The van der Waals surface area contributed by atoms with Crippen molar-refractivity contribution in [3.8, 4) is 5.75 Å². The third-order valence-corrected chi connectivity index (χ3v) is 6.19. The van der Waals surface area contributed by atoms with Crippen molar-refractivity contribution in [2.24, 2.45) is 0 Å². The van der Waals surface area contributed by atoms with Gasteiger partial charge in [0.15, 0.2) is 10.9 Å². The molecule has 0 radical (unpaired) electrons. The molecule has 3 rings (SSSR count). The van der Waals surface area contributed by atoms with Crippen molar-refractivity contribution in [1.82, 2.24) is 9.88 Å². The normalized spacial score (nSPS) is 15.9. The van der Waals surface area contributed by atoms with Gasteiger partial charge in [0.25, 0.3) is 0 Å². The average Bonchev–Trinajstić information content (AvgIpc) is 3.07. The highest BCUT2D eigenvalue weighted by molar-refractivity contribution is 7.17. The first-order chi connectivity index (χ1) is 13.4. The maximum absolute atomic E-state index is 12.6. The molecule has 1 aliphatic rings. The van der Waals surface area contributed by atoms with Gasteiger partial charge >= 0.3 is 0 Å². The minimum Gasteiger partial charge on any atom is -0.495 e. The zero-order chi connectivity index (χ0) is 20.3. The Morgan fingerprint density at radius 2 is 1.89 bits per heavy atom. The first kappa shape index (κ1) is 20.3. The molecule has 28 heavy (non-hydrogen) atoms. The summed E-state index contributed by atoms with van der Waals surface area (Å²) in [4.78, 5) is 33.6. The van der Waals surface area contributed by atoms with E-state index in [-0.39, 0.29) is 17.7 Å². The van der Waals surface area contributed by atoms with Gasteiger partial charge in [0.1, 0.15) is 5.75 Å². The zero-order valence-corrected chi connectivity index (χ0v) is 17.5. The lowest BCUT2D eigenvalue weighted by Gasteiger charge is -2.38. The van der Waals surface area contributed by atoms with Crippen molar-refractivity contribution in [3.63, 3.8) is 0 Å². The molecule has 0 saturated carbocycles. The van der Waals surface area contributed by atoms with Crippen LogP contribution >= 0.6 is 11.3 Å². The van der Waals surface area contributed by atoms with Crippen LogP contribution in [0.25, 0.3) is 0 Å². The number of aromatic nitrogens is 1. The highest BCUT2D eigenvalue weighted by atomic mass is 32.1. The van der Waals surface area contributed by atoms with Crippen LogP contribution in [0.3, 0.4) is 0 Å². The summed E-state index contributed by atoms with van der Waals surface area (Å²) in [7, 11) is 1.68. The van der Waals surface area contributed by atoms with Gasteiger partial charge in [0.05, 0.1) is 29.4 Å². The Kier molecular flexibility index (Phi) is 6.31. The quantitative estimate of drug-likeness (QED) is 0.749. The third-order valence-electron chi connectivity index (χ3n) is 5.01. The molecule has 1 saturated heterocycles. The summed E-state index contributed by atoms with van der Waals surface area (Å²) in [5.74, 6) is 0.729. The van der Waals surface area contributed by atoms with E-state index in [1.54, 1.807) is 14.0 Å². The fourth-order valence-corrected chi connectivity index (χ4v) is 4.26. The van der Waals surface area contributed by atoms with E-state index in [9.17, 15) is 9.59 Å². The van der Waals surface area contributed by atoms with E-state index < -0.39 is 0 Å². The van der Waals surface area contributed by atoms with Crippen molar-refractivity contribution in [1.29, 1.82) is 0 Å². The van der Waals surface area contributed by atoms with Crippen molar-refractivity contribution in [2.45, 2.75) is 26.8 Å². The lowest BCUT2D eigenvalue weighted by molar-refractivity contribution is -0.120. The predicted molar refractivity (Wildman–Crippen MR) is 112 cm³/mol. The summed E-state index contributed by atoms with van der Waals surface area (Å²) >= 11 is 1.23. The van der Waals surface area contributed by atoms with Crippen LogP contribution in [-0.2, 0) is 4.79 Å². The molecule has 0 bridgehead atoms. The molecular weight excluding hydrogens is 376 g/mol. The number of hydrogen-bond donors (Lipinski definition) is 1. The van der Waals surface area contributed by atoms with Crippen LogP contribution in [0.4, 0.5) is 10.8 Å². The fraction of sp³-hybridized carbons (Fsp3) is 0.450. The Morgan fingerprint density at radius 1 is 1.21 bits per heavy atom. The lowest BCUT2D eigenvalue weighted by Crippen LogP contribution is -2.52. The number of para-hydroxylation sites is 2. The summed E-state index contributed by atoms with van der Waals surface area (Å²) in [5, 5.41) is 3.34. The number of piperazine rings is 1. The zero-order valence-electron chi connectivity index (χ0n) is 16.7. The topological polar surface area (TPSA) is 74.8 Å². The number of anilines is 2. The maximum Gasteiger partial charge on any atom is 0.243 e. The van der Waals surface area contributed by atoms with Gasteiger partial charge < -0.3 is 15.0 Å². The number of ether oxygens (including phenoxy) is 1. The summed E-state index contributed by atoms with van der Waals surface area (Å²) in [5.41, 5.74) is 1.74. The highest BCUT2D eigenvalue weighted by Crippen LogP contribution is 2.29. The number of aryl methyl sites for hydroxylation is 1. The molecule has 2 heterocycles. The van der Waals surface area contributed by atoms with E-state index in [0.717, 1.165) is 37.6 Å². The van der Waals surface area contributed by atoms with Crippen LogP contribution in [0.2, 0.25) is 0 Å². The number of Topliss-reactive ketones (excluding diaryl/α,β-unsaturated/α-hetero) is 1. The van der Waals surface area contributed by atoms with E-state index in [1.165, 1.54) is 18.3 Å². The minimum absolute atomic E-state index is 0.0315. The molecule has 7 nitrogen and oxygen atoms in total. The Morgan fingerprint density at radius 3 is 2.50 bits per heavy atom. The first-order valence-electron chi connectivity index (χ1n) is 9.32.